The Balaban J connectivity index is 1.53. The number of nitrogens with zero attached hydrogens (tertiary/aromatic N) is 3. The van der Waals surface area contributed by atoms with Gasteiger partial charge in [-0.25, -0.2) is 13.8 Å². The standard InChI is InChI=1S/C24H25F2N3O2/c1-24(25,26)9-7-20(30)12-17-3-2-4-19(11-17)22-15-27-23-14-18(8-10-29(22)23)21(28-31)13-16-5-6-16/h2-4,8,10-11,14-16,31H,5-7,9,12-13H2,1H3/b28-21-. The van der Waals surface area contributed by atoms with Gasteiger partial charge in [-0.05, 0) is 55.9 Å². The number of pyridine rings is 1. The van der Waals surface area contributed by atoms with Crippen molar-refractivity contribution in [2.75, 3.05) is 0 Å². The number of ketones is 1. The second-order valence-electron chi connectivity index (χ2n) is 8.47. The van der Waals surface area contributed by atoms with Crippen LogP contribution in [0.4, 0.5) is 8.78 Å². The summed E-state index contributed by atoms with van der Waals surface area (Å²) in [4.78, 5) is 16.6. The first kappa shape index (κ1) is 21.2. The summed E-state index contributed by atoms with van der Waals surface area (Å²) in [7, 11) is 0. The minimum absolute atomic E-state index is 0.127. The summed E-state index contributed by atoms with van der Waals surface area (Å²) in [6.07, 6.45) is 6.33. The third-order valence-corrected chi connectivity index (χ3v) is 5.61. The van der Waals surface area contributed by atoms with Crippen LogP contribution in [0.1, 0.15) is 50.2 Å². The highest BCUT2D eigenvalue weighted by Gasteiger charge is 2.25. The molecule has 0 unspecified atom stereocenters. The minimum atomic E-state index is -2.83. The van der Waals surface area contributed by atoms with Crippen molar-refractivity contribution in [3.8, 4) is 11.3 Å². The molecule has 0 amide bonds. The maximum Gasteiger partial charge on any atom is 0.245 e. The van der Waals surface area contributed by atoms with E-state index in [-0.39, 0.29) is 18.6 Å². The number of Topliss-reactive ketones (excluding diaryl/α,β-unsaturated/α-hetero) is 1. The smallest absolute Gasteiger partial charge is 0.245 e. The Morgan fingerprint density at radius 3 is 2.81 bits per heavy atom. The quantitative estimate of drug-likeness (QED) is 0.279. The molecule has 0 aliphatic heterocycles. The Kier molecular flexibility index (Phi) is 5.85. The summed E-state index contributed by atoms with van der Waals surface area (Å²) in [5.41, 5.74) is 4.79. The van der Waals surface area contributed by atoms with Gasteiger partial charge in [-0.2, -0.15) is 0 Å². The topological polar surface area (TPSA) is 67.0 Å². The molecule has 31 heavy (non-hydrogen) atoms. The number of rotatable bonds is 9. The van der Waals surface area contributed by atoms with E-state index in [9.17, 15) is 18.8 Å². The van der Waals surface area contributed by atoms with E-state index >= 15 is 0 Å². The average Bonchev–Trinajstić information content (AvgIpc) is 3.46. The Morgan fingerprint density at radius 2 is 2.10 bits per heavy atom. The minimum Gasteiger partial charge on any atom is -0.411 e. The highest BCUT2D eigenvalue weighted by molar-refractivity contribution is 6.01. The van der Waals surface area contributed by atoms with Crippen LogP contribution in [0.5, 0.6) is 0 Å². The number of hydrogen-bond acceptors (Lipinski definition) is 4. The van der Waals surface area contributed by atoms with Gasteiger partial charge in [-0.3, -0.25) is 9.20 Å². The molecule has 2 aromatic heterocycles. The van der Waals surface area contributed by atoms with Crippen LogP contribution >= 0.6 is 0 Å². The highest BCUT2D eigenvalue weighted by atomic mass is 19.3. The molecule has 0 saturated heterocycles. The van der Waals surface area contributed by atoms with Crippen LogP contribution in [0.15, 0.2) is 53.9 Å². The summed E-state index contributed by atoms with van der Waals surface area (Å²) in [5, 5.41) is 12.9. The van der Waals surface area contributed by atoms with Crippen LogP contribution in [0.2, 0.25) is 0 Å². The summed E-state index contributed by atoms with van der Waals surface area (Å²) < 4.78 is 27.9. The van der Waals surface area contributed by atoms with E-state index in [0.717, 1.165) is 41.4 Å². The molecular formula is C24H25F2N3O2. The van der Waals surface area contributed by atoms with E-state index in [1.165, 1.54) is 12.8 Å². The molecule has 2 heterocycles. The van der Waals surface area contributed by atoms with Crippen LogP contribution in [0.3, 0.4) is 0 Å². The predicted molar refractivity (Wildman–Crippen MR) is 115 cm³/mol. The van der Waals surface area contributed by atoms with Crippen molar-refractivity contribution < 1.29 is 18.8 Å². The van der Waals surface area contributed by atoms with Crippen molar-refractivity contribution in [2.24, 2.45) is 11.1 Å². The molecule has 1 fully saturated rings. The van der Waals surface area contributed by atoms with Gasteiger partial charge in [0.05, 0.1) is 17.6 Å². The van der Waals surface area contributed by atoms with E-state index < -0.39 is 12.3 Å². The molecule has 1 N–H and O–H groups in total. The van der Waals surface area contributed by atoms with Gasteiger partial charge in [0.2, 0.25) is 5.92 Å². The molecule has 7 heteroatoms. The lowest BCUT2D eigenvalue weighted by Crippen LogP contribution is -2.13. The molecular weight excluding hydrogens is 400 g/mol. The first-order valence-electron chi connectivity index (χ1n) is 10.5. The molecule has 1 aliphatic carbocycles. The summed E-state index contributed by atoms with van der Waals surface area (Å²) in [5.74, 6) is -2.43. The Labute approximate surface area is 179 Å². The zero-order chi connectivity index (χ0) is 22.0. The number of imidazole rings is 1. The van der Waals surface area contributed by atoms with E-state index in [4.69, 9.17) is 0 Å². The molecule has 4 rings (SSSR count). The molecule has 3 aromatic rings. The molecule has 0 atom stereocenters. The van der Waals surface area contributed by atoms with Gasteiger partial charge in [0.1, 0.15) is 11.4 Å². The molecule has 162 valence electrons. The number of aromatic nitrogens is 2. The fraction of sp³-hybridized carbons (Fsp3) is 0.375. The van der Waals surface area contributed by atoms with E-state index in [0.29, 0.717) is 11.6 Å². The van der Waals surface area contributed by atoms with Crippen LogP contribution in [0, 0.1) is 5.92 Å². The van der Waals surface area contributed by atoms with Crippen molar-refractivity contribution in [2.45, 2.75) is 51.4 Å². The highest BCUT2D eigenvalue weighted by Crippen LogP contribution is 2.34. The lowest BCUT2D eigenvalue weighted by molar-refractivity contribution is -0.120. The van der Waals surface area contributed by atoms with Crippen molar-refractivity contribution in [3.05, 3.63) is 59.9 Å². The van der Waals surface area contributed by atoms with Gasteiger partial charge in [-0.15, -0.1) is 0 Å². The van der Waals surface area contributed by atoms with Crippen molar-refractivity contribution >= 4 is 17.1 Å². The molecule has 1 saturated carbocycles. The lowest BCUT2D eigenvalue weighted by atomic mass is 10.0. The number of alkyl halides is 2. The molecule has 1 aromatic carbocycles. The van der Waals surface area contributed by atoms with E-state index in [1.54, 1.807) is 6.20 Å². The van der Waals surface area contributed by atoms with Crippen molar-refractivity contribution in [1.29, 1.82) is 0 Å². The van der Waals surface area contributed by atoms with Crippen molar-refractivity contribution in [1.82, 2.24) is 9.38 Å². The second-order valence-corrected chi connectivity index (χ2v) is 8.47. The SMILES string of the molecule is CC(F)(F)CCC(=O)Cc1cccc(-c2cnc3cc(/C(CC4CC4)=N\O)ccn23)c1. The van der Waals surface area contributed by atoms with Crippen LogP contribution in [-0.2, 0) is 11.2 Å². The zero-order valence-electron chi connectivity index (χ0n) is 17.4. The average molecular weight is 425 g/mol. The van der Waals surface area contributed by atoms with Gasteiger partial charge in [-0.1, -0.05) is 23.4 Å². The van der Waals surface area contributed by atoms with Crippen LogP contribution < -0.4 is 0 Å². The lowest BCUT2D eigenvalue weighted by Gasteiger charge is -2.09. The maximum atomic E-state index is 13.0. The summed E-state index contributed by atoms with van der Waals surface area (Å²) >= 11 is 0. The first-order chi connectivity index (χ1) is 14.8. The number of carbonyl (C=O) groups is 1. The number of benzene rings is 1. The maximum absolute atomic E-state index is 13.0. The number of fused-ring (bicyclic) bond motifs is 1. The predicted octanol–water partition coefficient (Wildman–Crippen LogP) is 5.53. The Hall–Kier alpha value is -3.09. The number of carbonyl (C=O) groups excluding carboxylic acids is 1. The number of oxime groups is 1. The van der Waals surface area contributed by atoms with Crippen LogP contribution in [-0.4, -0.2) is 32.0 Å². The number of hydrogen-bond donors (Lipinski definition) is 1. The molecule has 0 spiro atoms. The van der Waals surface area contributed by atoms with Crippen LogP contribution in [0.25, 0.3) is 16.9 Å². The van der Waals surface area contributed by atoms with E-state index in [1.807, 2.05) is 47.0 Å². The summed E-state index contributed by atoms with van der Waals surface area (Å²) in [6.45, 7) is 0.832. The zero-order valence-corrected chi connectivity index (χ0v) is 17.4. The first-order valence-corrected chi connectivity index (χ1v) is 10.5. The van der Waals surface area contributed by atoms with Gasteiger partial charge in [0, 0.05) is 36.6 Å². The fourth-order valence-corrected chi connectivity index (χ4v) is 3.70. The Morgan fingerprint density at radius 1 is 1.29 bits per heavy atom. The van der Waals surface area contributed by atoms with E-state index in [2.05, 4.69) is 10.1 Å². The van der Waals surface area contributed by atoms with Crippen molar-refractivity contribution in [3.63, 3.8) is 0 Å². The fourth-order valence-electron chi connectivity index (χ4n) is 3.70. The van der Waals surface area contributed by atoms with Gasteiger partial charge >= 0.3 is 0 Å². The summed E-state index contributed by atoms with van der Waals surface area (Å²) in [6, 6.07) is 11.3. The third-order valence-electron chi connectivity index (χ3n) is 5.61. The monoisotopic (exact) mass is 425 g/mol. The van der Waals surface area contributed by atoms with Gasteiger partial charge in [0.25, 0.3) is 0 Å². The normalized spacial score (nSPS) is 14.9. The largest absolute Gasteiger partial charge is 0.411 e. The van der Waals surface area contributed by atoms with Gasteiger partial charge in [0.15, 0.2) is 0 Å². The van der Waals surface area contributed by atoms with Gasteiger partial charge < -0.3 is 5.21 Å². The molecule has 5 nitrogen and oxygen atoms in total. The number of halogens is 2. The molecule has 0 bridgehead atoms. The molecule has 1 aliphatic rings. The molecule has 0 radical (unpaired) electrons. The Bertz CT molecular complexity index is 1130. The third kappa shape index (κ3) is 5.34. The second kappa shape index (κ2) is 8.57.